The lowest BCUT2D eigenvalue weighted by Crippen LogP contribution is -2.31. The fraction of sp³-hybridized carbons (Fsp3) is 0.692. The van der Waals surface area contributed by atoms with Crippen molar-refractivity contribution in [2.75, 3.05) is 6.54 Å². The van der Waals surface area contributed by atoms with Crippen LogP contribution >= 0.6 is 11.6 Å². The van der Waals surface area contributed by atoms with Gasteiger partial charge in [0.2, 0.25) is 0 Å². The predicted octanol–water partition coefficient (Wildman–Crippen LogP) is 2.85. The van der Waals surface area contributed by atoms with Crippen molar-refractivity contribution >= 4 is 11.6 Å². The summed E-state index contributed by atoms with van der Waals surface area (Å²) in [6.45, 7) is 10.1. The normalized spacial score (nSPS) is 11.2. The fourth-order valence-corrected chi connectivity index (χ4v) is 2.20. The van der Waals surface area contributed by atoms with Gasteiger partial charge in [-0.3, -0.25) is 9.58 Å². The molecule has 5 heteroatoms. The molecular weight excluding hydrogens is 248 g/mol. The molecule has 0 N–H and O–H groups in total. The SMILES string of the molecule is CCc1nn(CC)c(CN(CC#N)C(C)C)c1Cl. The summed E-state index contributed by atoms with van der Waals surface area (Å²) in [6.07, 6.45) is 0.832. The average Bonchev–Trinajstić information content (AvgIpc) is 2.65. The summed E-state index contributed by atoms with van der Waals surface area (Å²) in [4.78, 5) is 2.09. The van der Waals surface area contributed by atoms with E-state index in [2.05, 4.69) is 36.8 Å². The van der Waals surface area contributed by atoms with Crippen LogP contribution in [0.5, 0.6) is 0 Å². The number of nitrogens with zero attached hydrogens (tertiary/aromatic N) is 4. The molecule has 1 heterocycles. The Labute approximate surface area is 114 Å². The zero-order valence-electron chi connectivity index (χ0n) is 11.6. The van der Waals surface area contributed by atoms with Gasteiger partial charge in [0, 0.05) is 19.1 Å². The van der Waals surface area contributed by atoms with Gasteiger partial charge in [0.25, 0.3) is 0 Å². The minimum absolute atomic E-state index is 0.311. The standard InChI is InChI=1S/C13H21ClN4/c1-5-11-13(14)12(18(6-2)16-11)9-17(8-7-15)10(3)4/h10H,5-6,8-9H2,1-4H3. The molecule has 0 unspecified atom stereocenters. The lowest BCUT2D eigenvalue weighted by molar-refractivity contribution is 0.233. The lowest BCUT2D eigenvalue weighted by atomic mass is 10.2. The minimum atomic E-state index is 0.311. The molecule has 0 bridgehead atoms. The molecule has 4 nitrogen and oxygen atoms in total. The van der Waals surface area contributed by atoms with Crippen LogP contribution < -0.4 is 0 Å². The monoisotopic (exact) mass is 268 g/mol. The number of halogens is 1. The number of rotatable bonds is 6. The number of nitriles is 1. The van der Waals surface area contributed by atoms with Gasteiger partial charge in [-0.1, -0.05) is 18.5 Å². The maximum atomic E-state index is 8.86. The molecule has 0 aromatic carbocycles. The van der Waals surface area contributed by atoms with Gasteiger partial charge in [0.05, 0.1) is 29.0 Å². The van der Waals surface area contributed by atoms with E-state index in [-0.39, 0.29) is 0 Å². The van der Waals surface area contributed by atoms with Gasteiger partial charge in [-0.2, -0.15) is 10.4 Å². The summed E-state index contributed by atoms with van der Waals surface area (Å²) in [6, 6.07) is 2.51. The van der Waals surface area contributed by atoms with Crippen LogP contribution in [-0.2, 0) is 19.5 Å². The quantitative estimate of drug-likeness (QED) is 0.745. The molecule has 0 aliphatic heterocycles. The average molecular weight is 269 g/mol. The van der Waals surface area contributed by atoms with Crippen molar-refractivity contribution in [3.8, 4) is 6.07 Å². The van der Waals surface area contributed by atoms with Crippen LogP contribution in [0.25, 0.3) is 0 Å². The highest BCUT2D eigenvalue weighted by atomic mass is 35.5. The Balaban J connectivity index is 3.01. The molecule has 0 saturated carbocycles. The van der Waals surface area contributed by atoms with Crippen molar-refractivity contribution in [3.05, 3.63) is 16.4 Å². The van der Waals surface area contributed by atoms with E-state index in [9.17, 15) is 0 Å². The molecule has 0 aliphatic rings. The third-order valence-electron chi connectivity index (χ3n) is 3.05. The van der Waals surface area contributed by atoms with E-state index in [1.807, 2.05) is 11.6 Å². The molecule has 0 atom stereocenters. The molecule has 0 fully saturated rings. The van der Waals surface area contributed by atoms with E-state index in [1.54, 1.807) is 0 Å². The van der Waals surface area contributed by atoms with Gasteiger partial charge in [0.1, 0.15) is 0 Å². The van der Waals surface area contributed by atoms with E-state index in [0.717, 1.165) is 29.4 Å². The molecule has 0 amide bonds. The zero-order chi connectivity index (χ0) is 13.7. The lowest BCUT2D eigenvalue weighted by Gasteiger charge is -2.23. The molecule has 1 aromatic rings. The van der Waals surface area contributed by atoms with E-state index in [0.29, 0.717) is 19.1 Å². The summed E-state index contributed by atoms with van der Waals surface area (Å²) < 4.78 is 1.94. The molecule has 100 valence electrons. The van der Waals surface area contributed by atoms with Crippen LogP contribution in [0.1, 0.15) is 39.1 Å². The number of hydrogen-bond acceptors (Lipinski definition) is 3. The third-order valence-corrected chi connectivity index (χ3v) is 3.49. The smallest absolute Gasteiger partial charge is 0.0871 e. The Morgan fingerprint density at radius 3 is 2.56 bits per heavy atom. The third kappa shape index (κ3) is 3.24. The van der Waals surface area contributed by atoms with Crippen LogP contribution in [0.4, 0.5) is 0 Å². The second kappa shape index (κ2) is 6.77. The number of aryl methyl sites for hydroxylation is 2. The van der Waals surface area contributed by atoms with E-state index < -0.39 is 0 Å². The first-order valence-electron chi connectivity index (χ1n) is 6.40. The first-order valence-corrected chi connectivity index (χ1v) is 6.77. The highest BCUT2D eigenvalue weighted by Crippen LogP contribution is 2.23. The van der Waals surface area contributed by atoms with Gasteiger partial charge in [-0.15, -0.1) is 0 Å². The van der Waals surface area contributed by atoms with Crippen molar-refractivity contribution in [2.24, 2.45) is 0 Å². The molecule has 0 radical (unpaired) electrons. The highest BCUT2D eigenvalue weighted by Gasteiger charge is 2.18. The summed E-state index contributed by atoms with van der Waals surface area (Å²) in [7, 11) is 0. The Kier molecular flexibility index (Phi) is 5.64. The van der Waals surface area contributed by atoms with E-state index in [1.165, 1.54) is 0 Å². The maximum absolute atomic E-state index is 8.86. The number of hydrogen-bond donors (Lipinski definition) is 0. The summed E-state index contributed by atoms with van der Waals surface area (Å²) in [5.74, 6) is 0. The van der Waals surface area contributed by atoms with Crippen LogP contribution in [0.2, 0.25) is 5.02 Å². The van der Waals surface area contributed by atoms with Crippen molar-refractivity contribution in [3.63, 3.8) is 0 Å². The second-order valence-electron chi connectivity index (χ2n) is 4.53. The largest absolute Gasteiger partial charge is 0.282 e. The fourth-order valence-electron chi connectivity index (χ4n) is 1.87. The molecule has 1 rings (SSSR count). The second-order valence-corrected chi connectivity index (χ2v) is 4.91. The van der Waals surface area contributed by atoms with Gasteiger partial charge < -0.3 is 0 Å². The molecule has 0 saturated heterocycles. The van der Waals surface area contributed by atoms with Gasteiger partial charge in [-0.25, -0.2) is 0 Å². The maximum Gasteiger partial charge on any atom is 0.0871 e. The summed E-state index contributed by atoms with van der Waals surface area (Å²) >= 11 is 6.36. The van der Waals surface area contributed by atoms with Crippen LogP contribution in [0.3, 0.4) is 0 Å². The first-order chi connectivity index (χ1) is 8.54. The summed E-state index contributed by atoms with van der Waals surface area (Å²) in [5.41, 5.74) is 1.95. The van der Waals surface area contributed by atoms with Crippen molar-refractivity contribution in [1.82, 2.24) is 14.7 Å². The molecular formula is C13H21ClN4. The predicted molar refractivity (Wildman–Crippen MR) is 73.4 cm³/mol. The first kappa shape index (κ1) is 15.0. The van der Waals surface area contributed by atoms with Crippen molar-refractivity contribution < 1.29 is 0 Å². The highest BCUT2D eigenvalue weighted by molar-refractivity contribution is 6.31. The molecule has 1 aromatic heterocycles. The number of aromatic nitrogens is 2. The van der Waals surface area contributed by atoms with Crippen LogP contribution in [0, 0.1) is 11.3 Å². The van der Waals surface area contributed by atoms with E-state index in [4.69, 9.17) is 16.9 Å². The van der Waals surface area contributed by atoms with Crippen molar-refractivity contribution in [2.45, 2.75) is 53.2 Å². The molecule has 0 spiro atoms. The summed E-state index contributed by atoms with van der Waals surface area (Å²) in [5, 5.41) is 14.1. The Morgan fingerprint density at radius 1 is 1.44 bits per heavy atom. The minimum Gasteiger partial charge on any atom is -0.282 e. The Hall–Kier alpha value is -1.05. The van der Waals surface area contributed by atoms with Gasteiger partial charge in [-0.05, 0) is 27.2 Å². The van der Waals surface area contributed by atoms with Crippen LogP contribution in [-0.4, -0.2) is 27.3 Å². The zero-order valence-corrected chi connectivity index (χ0v) is 12.3. The topological polar surface area (TPSA) is 44.9 Å². The van der Waals surface area contributed by atoms with Crippen molar-refractivity contribution in [1.29, 1.82) is 5.26 Å². The Bertz CT molecular complexity index is 431. The van der Waals surface area contributed by atoms with Gasteiger partial charge >= 0.3 is 0 Å². The van der Waals surface area contributed by atoms with Crippen LogP contribution in [0.15, 0.2) is 0 Å². The Morgan fingerprint density at radius 2 is 2.11 bits per heavy atom. The van der Waals surface area contributed by atoms with Gasteiger partial charge in [0.15, 0.2) is 0 Å². The molecule has 18 heavy (non-hydrogen) atoms. The van der Waals surface area contributed by atoms with E-state index >= 15 is 0 Å². The molecule has 0 aliphatic carbocycles.